The Balaban J connectivity index is 1.55. The Labute approximate surface area is 164 Å². The van der Waals surface area contributed by atoms with E-state index in [4.69, 9.17) is 9.47 Å². The summed E-state index contributed by atoms with van der Waals surface area (Å²) in [4.78, 5) is 32.6. The number of carbonyl (C=O) groups excluding carboxylic acids is 2. The Hall–Kier alpha value is -2.80. The average Bonchev–Trinajstić information content (AvgIpc) is 3.25. The van der Waals surface area contributed by atoms with E-state index >= 15 is 0 Å². The number of nitrogens with one attached hydrogen (secondary N) is 1. The number of amides is 2. The summed E-state index contributed by atoms with van der Waals surface area (Å²) in [5, 5.41) is 0. The summed E-state index contributed by atoms with van der Waals surface area (Å²) in [6.07, 6.45) is 2.31. The van der Waals surface area contributed by atoms with Gasteiger partial charge in [0.2, 0.25) is 5.91 Å². The van der Waals surface area contributed by atoms with Crippen LogP contribution in [-0.2, 0) is 16.0 Å². The van der Waals surface area contributed by atoms with Crippen molar-refractivity contribution in [2.24, 2.45) is 5.41 Å². The minimum atomic E-state index is -0.605. The van der Waals surface area contributed by atoms with Gasteiger partial charge in [-0.2, -0.15) is 0 Å². The maximum absolute atomic E-state index is 13.4. The third kappa shape index (κ3) is 3.49. The molecule has 2 aliphatic heterocycles. The number of carbonyl (C=O) groups is 2. The van der Waals surface area contributed by atoms with Crippen LogP contribution < -0.4 is 4.74 Å². The summed E-state index contributed by atoms with van der Waals surface area (Å²) in [6, 6.07) is 11.4. The predicted octanol–water partition coefficient (Wildman–Crippen LogP) is 1.57. The summed E-state index contributed by atoms with van der Waals surface area (Å²) in [5.41, 5.74) is 0.980. The number of nitrogens with zero attached hydrogens (tertiary/aromatic N) is 2. The molecular weight excluding hydrogens is 358 g/mol. The molecule has 2 aromatic rings. The standard InChI is InChI=1S/C21H25N3O4/c1-27-17-5-2-4-16(12-17)13-21(20(26)23-8-10-28-11-9-23)14-24(15-21)19(25)18-6-3-7-22-18/h2-7,12,22H,8-11,13-15H2,1H3. The SMILES string of the molecule is COc1cccc(CC2(C(=O)N3CCOCC3)CN(C(=O)c3ccc[nH]3)C2)c1. The van der Waals surface area contributed by atoms with Crippen LogP contribution >= 0.6 is 0 Å². The molecule has 2 fully saturated rings. The van der Waals surface area contributed by atoms with Crippen LogP contribution in [0.2, 0.25) is 0 Å². The first-order chi connectivity index (χ1) is 13.6. The van der Waals surface area contributed by atoms with Crippen molar-refractivity contribution in [2.75, 3.05) is 46.5 Å². The van der Waals surface area contributed by atoms with Gasteiger partial charge in [-0.05, 0) is 36.2 Å². The molecule has 0 aliphatic carbocycles. The molecule has 1 aromatic heterocycles. The van der Waals surface area contributed by atoms with Crippen LogP contribution in [0.1, 0.15) is 16.1 Å². The zero-order valence-corrected chi connectivity index (χ0v) is 16.0. The molecule has 2 saturated heterocycles. The van der Waals surface area contributed by atoms with Crippen LogP contribution in [0.15, 0.2) is 42.6 Å². The van der Waals surface area contributed by atoms with Crippen molar-refractivity contribution in [3.63, 3.8) is 0 Å². The van der Waals surface area contributed by atoms with Gasteiger partial charge in [-0.15, -0.1) is 0 Å². The molecule has 0 unspecified atom stereocenters. The first-order valence-corrected chi connectivity index (χ1v) is 9.54. The van der Waals surface area contributed by atoms with Crippen molar-refractivity contribution in [3.8, 4) is 5.75 Å². The Morgan fingerprint density at radius 2 is 1.93 bits per heavy atom. The molecule has 3 heterocycles. The summed E-state index contributed by atoms with van der Waals surface area (Å²) >= 11 is 0. The number of H-pyrrole nitrogens is 1. The fraction of sp³-hybridized carbons (Fsp3) is 0.429. The Bertz CT molecular complexity index is 837. The van der Waals surface area contributed by atoms with Crippen LogP contribution in [0.3, 0.4) is 0 Å². The molecular formula is C21H25N3O4. The van der Waals surface area contributed by atoms with E-state index in [2.05, 4.69) is 4.98 Å². The Morgan fingerprint density at radius 3 is 2.61 bits per heavy atom. The van der Waals surface area contributed by atoms with Crippen molar-refractivity contribution in [3.05, 3.63) is 53.9 Å². The van der Waals surface area contributed by atoms with E-state index in [0.717, 1.165) is 11.3 Å². The third-order valence-corrected chi connectivity index (χ3v) is 5.53. The van der Waals surface area contributed by atoms with Crippen LogP contribution in [0.5, 0.6) is 5.75 Å². The molecule has 2 amide bonds. The molecule has 0 atom stereocenters. The molecule has 1 aromatic carbocycles. The first kappa shape index (κ1) is 18.6. The molecule has 7 nitrogen and oxygen atoms in total. The number of rotatable bonds is 5. The fourth-order valence-electron chi connectivity index (χ4n) is 4.06. The highest BCUT2D eigenvalue weighted by Crippen LogP contribution is 2.38. The topological polar surface area (TPSA) is 74.9 Å². The van der Waals surface area contributed by atoms with Gasteiger partial charge in [0.25, 0.3) is 5.91 Å². The van der Waals surface area contributed by atoms with Gasteiger partial charge in [0.15, 0.2) is 0 Å². The highest BCUT2D eigenvalue weighted by Gasteiger charge is 2.52. The van der Waals surface area contributed by atoms with Crippen molar-refractivity contribution in [2.45, 2.75) is 6.42 Å². The number of morpholine rings is 1. The summed E-state index contributed by atoms with van der Waals surface area (Å²) < 4.78 is 10.7. The molecule has 4 rings (SSSR count). The number of methoxy groups -OCH3 is 1. The van der Waals surface area contributed by atoms with Gasteiger partial charge in [-0.3, -0.25) is 9.59 Å². The van der Waals surface area contributed by atoms with Gasteiger partial charge in [0, 0.05) is 32.4 Å². The van der Waals surface area contributed by atoms with Crippen molar-refractivity contribution < 1.29 is 19.1 Å². The van der Waals surface area contributed by atoms with Gasteiger partial charge in [0.05, 0.1) is 25.7 Å². The number of aromatic amines is 1. The predicted molar refractivity (Wildman–Crippen MR) is 103 cm³/mol. The lowest BCUT2D eigenvalue weighted by molar-refractivity contribution is -0.155. The highest BCUT2D eigenvalue weighted by molar-refractivity contribution is 5.95. The van der Waals surface area contributed by atoms with Gasteiger partial charge in [-0.1, -0.05) is 12.1 Å². The fourth-order valence-corrected chi connectivity index (χ4v) is 4.06. The Morgan fingerprint density at radius 1 is 1.14 bits per heavy atom. The second kappa shape index (κ2) is 7.67. The molecule has 28 heavy (non-hydrogen) atoms. The van der Waals surface area contributed by atoms with E-state index in [9.17, 15) is 9.59 Å². The summed E-state index contributed by atoms with van der Waals surface area (Å²) in [6.45, 7) is 3.15. The lowest BCUT2D eigenvalue weighted by Crippen LogP contribution is -2.66. The first-order valence-electron chi connectivity index (χ1n) is 9.54. The normalized spacial score (nSPS) is 18.5. The van der Waals surface area contributed by atoms with E-state index in [-0.39, 0.29) is 11.8 Å². The molecule has 2 aliphatic rings. The second-order valence-corrected chi connectivity index (χ2v) is 7.46. The van der Waals surface area contributed by atoms with Gasteiger partial charge in [-0.25, -0.2) is 0 Å². The van der Waals surface area contributed by atoms with Crippen LogP contribution in [-0.4, -0.2) is 73.1 Å². The lowest BCUT2D eigenvalue weighted by Gasteiger charge is -2.51. The molecule has 7 heteroatoms. The minimum Gasteiger partial charge on any atom is -0.497 e. The Kier molecular flexibility index (Phi) is 5.09. The lowest BCUT2D eigenvalue weighted by atomic mass is 9.73. The van der Waals surface area contributed by atoms with Crippen LogP contribution in [0, 0.1) is 5.41 Å². The molecule has 0 bridgehead atoms. The van der Waals surface area contributed by atoms with Gasteiger partial charge in [0.1, 0.15) is 11.4 Å². The summed E-state index contributed by atoms with van der Waals surface area (Å²) in [5.74, 6) is 0.806. The third-order valence-electron chi connectivity index (χ3n) is 5.53. The number of hydrogen-bond acceptors (Lipinski definition) is 4. The molecule has 148 valence electrons. The van der Waals surface area contributed by atoms with Crippen LogP contribution in [0.4, 0.5) is 0 Å². The maximum Gasteiger partial charge on any atom is 0.270 e. The number of hydrogen-bond donors (Lipinski definition) is 1. The smallest absolute Gasteiger partial charge is 0.270 e. The zero-order valence-electron chi connectivity index (χ0n) is 16.0. The van der Waals surface area contributed by atoms with Crippen molar-refractivity contribution in [1.82, 2.24) is 14.8 Å². The monoisotopic (exact) mass is 383 g/mol. The van der Waals surface area contributed by atoms with Gasteiger partial charge >= 0.3 is 0 Å². The number of likely N-dealkylation sites (tertiary alicyclic amines) is 1. The molecule has 0 radical (unpaired) electrons. The summed E-state index contributed by atoms with van der Waals surface area (Å²) in [7, 11) is 1.63. The average molecular weight is 383 g/mol. The minimum absolute atomic E-state index is 0.0685. The van der Waals surface area contributed by atoms with E-state index in [1.165, 1.54) is 0 Å². The second-order valence-electron chi connectivity index (χ2n) is 7.46. The number of aromatic nitrogens is 1. The zero-order chi connectivity index (χ0) is 19.6. The van der Waals surface area contributed by atoms with E-state index in [1.807, 2.05) is 29.2 Å². The quantitative estimate of drug-likeness (QED) is 0.851. The largest absolute Gasteiger partial charge is 0.497 e. The van der Waals surface area contributed by atoms with Crippen LogP contribution in [0.25, 0.3) is 0 Å². The van der Waals surface area contributed by atoms with Crippen molar-refractivity contribution >= 4 is 11.8 Å². The highest BCUT2D eigenvalue weighted by atomic mass is 16.5. The van der Waals surface area contributed by atoms with Gasteiger partial charge < -0.3 is 24.3 Å². The molecule has 1 N–H and O–H groups in total. The van der Waals surface area contributed by atoms with Crippen molar-refractivity contribution in [1.29, 1.82) is 0 Å². The number of benzene rings is 1. The number of ether oxygens (including phenoxy) is 2. The molecule has 0 saturated carbocycles. The molecule has 0 spiro atoms. The maximum atomic E-state index is 13.4. The van der Waals surface area contributed by atoms with E-state index in [1.54, 1.807) is 30.3 Å². The van der Waals surface area contributed by atoms with E-state index in [0.29, 0.717) is 51.5 Å². The van der Waals surface area contributed by atoms with E-state index < -0.39 is 5.41 Å².